The normalized spacial score (nSPS) is 15.2. The molecule has 2 N–H and O–H groups in total. The summed E-state index contributed by atoms with van der Waals surface area (Å²) in [5.74, 6) is 1.76. The second kappa shape index (κ2) is 12.7. The number of likely N-dealkylation sites (tertiary alicyclic amines) is 1. The number of pyridine rings is 1. The third-order valence-corrected chi connectivity index (χ3v) is 6.17. The molecule has 7 heteroatoms. The molecule has 1 atom stereocenters. The van der Waals surface area contributed by atoms with Gasteiger partial charge in [0.2, 0.25) is 0 Å². The van der Waals surface area contributed by atoms with Crippen LogP contribution in [0.1, 0.15) is 30.0 Å². The molecule has 3 aromatic rings. The van der Waals surface area contributed by atoms with Crippen LogP contribution < -0.4 is 15.4 Å². The van der Waals surface area contributed by atoms with Crippen molar-refractivity contribution < 1.29 is 4.74 Å². The Hall–Kier alpha value is -2.39. The molecule has 1 fully saturated rings. The zero-order chi connectivity index (χ0) is 22.2. The number of aromatic nitrogens is 1. The summed E-state index contributed by atoms with van der Waals surface area (Å²) < 4.78 is 5.66. The number of fused-ring (bicyclic) bond motifs is 1. The minimum atomic E-state index is 0. The second-order valence-corrected chi connectivity index (χ2v) is 8.12. The van der Waals surface area contributed by atoms with Crippen LogP contribution in [0.25, 0.3) is 10.9 Å². The molecular weight excluding hydrogens is 525 g/mol. The van der Waals surface area contributed by atoms with Gasteiger partial charge in [0.15, 0.2) is 5.96 Å². The Morgan fingerprint density at radius 2 is 1.85 bits per heavy atom. The van der Waals surface area contributed by atoms with Gasteiger partial charge in [-0.1, -0.05) is 42.5 Å². The van der Waals surface area contributed by atoms with Gasteiger partial charge in [0.25, 0.3) is 0 Å². The summed E-state index contributed by atoms with van der Waals surface area (Å²) in [7, 11) is 3.57. The van der Waals surface area contributed by atoms with Crippen molar-refractivity contribution in [1.82, 2.24) is 20.5 Å². The Bertz CT molecular complexity index is 1050. The van der Waals surface area contributed by atoms with Crippen LogP contribution in [0.4, 0.5) is 0 Å². The van der Waals surface area contributed by atoms with E-state index in [0.717, 1.165) is 49.8 Å². The maximum absolute atomic E-state index is 5.66. The average molecular weight is 559 g/mol. The van der Waals surface area contributed by atoms with Gasteiger partial charge in [-0.05, 0) is 50.0 Å². The van der Waals surface area contributed by atoms with E-state index < -0.39 is 0 Å². The minimum Gasteiger partial charge on any atom is -0.496 e. The van der Waals surface area contributed by atoms with Crippen LogP contribution in [0.15, 0.2) is 65.8 Å². The zero-order valence-electron chi connectivity index (χ0n) is 19.5. The van der Waals surface area contributed by atoms with Crippen LogP contribution in [-0.2, 0) is 6.42 Å². The first-order valence-electron chi connectivity index (χ1n) is 11.4. The molecule has 1 aromatic heterocycles. The molecule has 0 spiro atoms. The van der Waals surface area contributed by atoms with E-state index in [-0.39, 0.29) is 30.0 Å². The fraction of sp³-hybridized carbons (Fsp3) is 0.385. The summed E-state index contributed by atoms with van der Waals surface area (Å²) in [6, 6.07) is 19.0. The number of hydrogen-bond donors (Lipinski definition) is 2. The van der Waals surface area contributed by atoms with E-state index in [1.54, 1.807) is 7.11 Å². The molecule has 33 heavy (non-hydrogen) atoms. The third kappa shape index (κ3) is 6.35. The molecule has 1 unspecified atom stereocenters. The molecule has 0 saturated carbocycles. The summed E-state index contributed by atoms with van der Waals surface area (Å²) >= 11 is 0. The Kier molecular flexibility index (Phi) is 9.75. The smallest absolute Gasteiger partial charge is 0.191 e. The predicted octanol–water partition coefficient (Wildman–Crippen LogP) is 4.41. The molecular formula is C26H34IN5O. The van der Waals surface area contributed by atoms with Crippen LogP contribution in [0.2, 0.25) is 0 Å². The number of hydrogen-bond acceptors (Lipinski definition) is 4. The first-order chi connectivity index (χ1) is 15.8. The highest BCUT2D eigenvalue weighted by Gasteiger charge is 2.26. The molecule has 0 amide bonds. The van der Waals surface area contributed by atoms with Crippen LogP contribution >= 0.6 is 24.0 Å². The van der Waals surface area contributed by atoms with E-state index in [4.69, 9.17) is 4.74 Å². The van der Waals surface area contributed by atoms with Crippen molar-refractivity contribution in [2.24, 2.45) is 4.99 Å². The lowest BCUT2D eigenvalue weighted by atomic mass is 10.0. The molecule has 2 heterocycles. The van der Waals surface area contributed by atoms with E-state index in [2.05, 4.69) is 61.9 Å². The molecule has 0 aliphatic carbocycles. The number of halogens is 1. The first-order valence-corrected chi connectivity index (χ1v) is 11.4. The SMILES string of the molecule is CN=C(NCCc1cccc2cccnc12)NCC(c1ccccc1OC)N1CCCC1.I. The summed E-state index contributed by atoms with van der Waals surface area (Å²) in [6.45, 7) is 3.79. The summed E-state index contributed by atoms with van der Waals surface area (Å²) in [5, 5.41) is 8.19. The van der Waals surface area contributed by atoms with Crippen molar-refractivity contribution in [3.8, 4) is 5.75 Å². The Labute approximate surface area is 213 Å². The zero-order valence-corrected chi connectivity index (χ0v) is 21.8. The Morgan fingerprint density at radius 1 is 1.06 bits per heavy atom. The number of rotatable bonds is 8. The van der Waals surface area contributed by atoms with Crippen LogP contribution in [0.3, 0.4) is 0 Å². The lowest BCUT2D eigenvalue weighted by Crippen LogP contribution is -2.43. The molecule has 176 valence electrons. The molecule has 2 aromatic carbocycles. The number of nitrogens with one attached hydrogen (secondary N) is 2. The fourth-order valence-electron chi connectivity index (χ4n) is 4.53. The number of para-hydroxylation sites is 2. The van der Waals surface area contributed by atoms with Crippen molar-refractivity contribution in [3.05, 3.63) is 71.9 Å². The molecule has 1 aliphatic rings. The predicted molar refractivity (Wildman–Crippen MR) is 147 cm³/mol. The van der Waals surface area contributed by atoms with Gasteiger partial charge in [0, 0.05) is 37.3 Å². The summed E-state index contributed by atoms with van der Waals surface area (Å²) in [6.07, 6.45) is 5.24. The number of benzene rings is 2. The van der Waals surface area contributed by atoms with Gasteiger partial charge in [0.1, 0.15) is 5.75 Å². The van der Waals surface area contributed by atoms with Gasteiger partial charge in [0.05, 0.1) is 18.7 Å². The van der Waals surface area contributed by atoms with Crippen molar-refractivity contribution in [2.45, 2.75) is 25.3 Å². The standard InChI is InChI=1S/C26H33N5O.HI/c1-27-26(29-16-14-21-10-7-9-20-11-8-15-28-25(20)21)30-19-23(31-17-5-6-18-31)22-12-3-4-13-24(22)32-2;/h3-4,7-13,15,23H,5-6,14,16-19H2,1-2H3,(H2,27,29,30);1H. The Morgan fingerprint density at radius 3 is 2.64 bits per heavy atom. The highest BCUT2D eigenvalue weighted by molar-refractivity contribution is 14.0. The summed E-state index contributed by atoms with van der Waals surface area (Å²) in [4.78, 5) is 11.5. The van der Waals surface area contributed by atoms with Gasteiger partial charge >= 0.3 is 0 Å². The number of ether oxygens (including phenoxy) is 1. The average Bonchev–Trinajstić information content (AvgIpc) is 3.38. The monoisotopic (exact) mass is 559 g/mol. The highest BCUT2D eigenvalue weighted by atomic mass is 127. The van der Waals surface area contributed by atoms with Crippen molar-refractivity contribution in [2.75, 3.05) is 40.3 Å². The second-order valence-electron chi connectivity index (χ2n) is 8.12. The molecule has 0 bridgehead atoms. The maximum Gasteiger partial charge on any atom is 0.191 e. The molecule has 0 radical (unpaired) electrons. The quantitative estimate of drug-likeness (QED) is 0.244. The van der Waals surface area contributed by atoms with Crippen molar-refractivity contribution >= 4 is 40.8 Å². The molecule has 1 saturated heterocycles. The lowest BCUT2D eigenvalue weighted by molar-refractivity contribution is 0.239. The van der Waals surface area contributed by atoms with Crippen molar-refractivity contribution in [1.29, 1.82) is 0 Å². The van der Waals surface area contributed by atoms with E-state index in [0.29, 0.717) is 0 Å². The molecule has 1 aliphatic heterocycles. The van der Waals surface area contributed by atoms with E-state index in [1.165, 1.54) is 29.4 Å². The molecule has 6 nitrogen and oxygen atoms in total. The van der Waals surface area contributed by atoms with Gasteiger partial charge in [-0.3, -0.25) is 14.9 Å². The number of guanidine groups is 1. The van der Waals surface area contributed by atoms with Gasteiger partial charge in [-0.2, -0.15) is 0 Å². The topological polar surface area (TPSA) is 61.8 Å². The molecule has 4 rings (SSSR count). The summed E-state index contributed by atoms with van der Waals surface area (Å²) in [5.41, 5.74) is 3.54. The third-order valence-electron chi connectivity index (χ3n) is 6.17. The largest absolute Gasteiger partial charge is 0.496 e. The maximum atomic E-state index is 5.66. The van der Waals surface area contributed by atoms with Gasteiger partial charge in [-0.25, -0.2) is 0 Å². The van der Waals surface area contributed by atoms with Crippen LogP contribution in [0, 0.1) is 0 Å². The fourth-order valence-corrected chi connectivity index (χ4v) is 4.53. The number of nitrogens with zero attached hydrogens (tertiary/aromatic N) is 3. The first kappa shape index (κ1) is 25.2. The number of aliphatic imine (C=N–C) groups is 1. The van der Waals surface area contributed by atoms with Crippen molar-refractivity contribution in [3.63, 3.8) is 0 Å². The van der Waals surface area contributed by atoms with E-state index in [9.17, 15) is 0 Å². The highest BCUT2D eigenvalue weighted by Crippen LogP contribution is 2.31. The number of methoxy groups -OCH3 is 1. The minimum absolute atomic E-state index is 0. The van der Waals surface area contributed by atoms with E-state index in [1.807, 2.05) is 31.4 Å². The Balaban J connectivity index is 0.00000306. The lowest BCUT2D eigenvalue weighted by Gasteiger charge is -2.30. The van der Waals surface area contributed by atoms with Crippen LogP contribution in [-0.4, -0.2) is 56.2 Å². The van der Waals surface area contributed by atoms with E-state index >= 15 is 0 Å². The van der Waals surface area contributed by atoms with Crippen LogP contribution in [0.5, 0.6) is 5.75 Å². The van der Waals surface area contributed by atoms with Gasteiger partial charge < -0.3 is 15.4 Å². The van der Waals surface area contributed by atoms with Gasteiger partial charge in [-0.15, -0.1) is 24.0 Å².